The van der Waals surface area contributed by atoms with Crippen molar-refractivity contribution in [2.24, 2.45) is 0 Å². The molecule has 4 aromatic rings. The van der Waals surface area contributed by atoms with E-state index in [0.717, 1.165) is 21.5 Å². The highest BCUT2D eigenvalue weighted by Crippen LogP contribution is 2.53. The molecule has 0 bridgehead atoms. The summed E-state index contributed by atoms with van der Waals surface area (Å²) in [5, 5.41) is 6.43. The highest BCUT2D eigenvalue weighted by Gasteiger charge is 2.24. The minimum Gasteiger partial charge on any atom is -0.0827 e. The lowest BCUT2D eigenvalue weighted by atomic mass is 9.94. The summed E-state index contributed by atoms with van der Waals surface area (Å²) in [6, 6.07) is 5.50. The van der Waals surface area contributed by atoms with Crippen LogP contribution in [0.15, 0.2) is 18.2 Å². The molecule has 0 saturated heterocycles. The Kier molecular flexibility index (Phi) is 3.91. The van der Waals surface area contributed by atoms with Gasteiger partial charge in [-0.2, -0.15) is 0 Å². The maximum Gasteiger partial charge on any atom is 0.0791 e. The molecule has 0 aliphatic carbocycles. The second-order valence-corrected chi connectivity index (χ2v) is 7.75. The van der Waals surface area contributed by atoms with Gasteiger partial charge in [-0.15, -0.1) is 0 Å². The first-order chi connectivity index (χ1) is 10.8. The lowest BCUT2D eigenvalue weighted by molar-refractivity contribution is 1.76. The fourth-order valence-electron chi connectivity index (χ4n) is 2.95. The molecule has 0 spiro atoms. The molecule has 0 radical (unpaired) electrons. The number of rotatable bonds is 0. The topological polar surface area (TPSA) is 0 Å². The van der Waals surface area contributed by atoms with Gasteiger partial charge in [-0.1, -0.05) is 93.3 Å². The summed E-state index contributed by atoms with van der Waals surface area (Å²) in [7, 11) is 0. The first-order valence-electron chi connectivity index (χ1n) is 6.31. The Morgan fingerprint density at radius 3 is 1.70 bits per heavy atom. The van der Waals surface area contributed by atoms with Gasteiger partial charge < -0.3 is 0 Å². The third-order valence-corrected chi connectivity index (χ3v) is 6.90. The minimum absolute atomic E-state index is 0.237. The molecule has 23 heavy (non-hydrogen) atoms. The summed E-state index contributed by atoms with van der Waals surface area (Å²) in [5.41, 5.74) is 0. The largest absolute Gasteiger partial charge is 0.0827 e. The molecule has 0 nitrogen and oxygen atoms in total. The van der Waals surface area contributed by atoms with E-state index in [1.54, 1.807) is 6.07 Å². The van der Waals surface area contributed by atoms with Crippen molar-refractivity contribution < 1.29 is 0 Å². The van der Waals surface area contributed by atoms with Crippen LogP contribution in [0.3, 0.4) is 0 Å². The third-order valence-electron chi connectivity index (χ3n) is 3.92. The van der Waals surface area contributed by atoms with E-state index in [0.29, 0.717) is 25.8 Å². The minimum atomic E-state index is 0.237. The van der Waals surface area contributed by atoms with Gasteiger partial charge in [0.2, 0.25) is 0 Å². The second-order valence-electron chi connectivity index (χ2n) is 5.08. The Morgan fingerprint density at radius 1 is 0.478 bits per heavy atom. The van der Waals surface area contributed by atoms with E-state index in [4.69, 9.17) is 81.2 Å². The van der Waals surface area contributed by atoms with Gasteiger partial charge in [0.25, 0.3) is 0 Å². The Balaban J connectivity index is 2.53. The number of hydrogen-bond donors (Lipinski definition) is 0. The summed E-state index contributed by atoms with van der Waals surface area (Å²) >= 11 is 44.5. The monoisotopic (exact) mass is 440 g/mol. The molecule has 7 heteroatoms. The van der Waals surface area contributed by atoms with Gasteiger partial charge in [-0.3, -0.25) is 0 Å². The molecule has 0 N–H and O–H groups in total. The maximum absolute atomic E-state index is 6.46. The smallest absolute Gasteiger partial charge is 0.0791 e. The zero-order valence-electron chi connectivity index (χ0n) is 10.9. The predicted molar refractivity (Wildman–Crippen MR) is 105 cm³/mol. The van der Waals surface area contributed by atoms with Gasteiger partial charge in [0.15, 0.2) is 0 Å². The van der Waals surface area contributed by atoms with Crippen molar-refractivity contribution in [3.05, 3.63) is 53.4 Å². The molecule has 0 heterocycles. The summed E-state index contributed by atoms with van der Waals surface area (Å²) in [6.07, 6.45) is 0. The van der Waals surface area contributed by atoms with Crippen molar-refractivity contribution >= 4 is 114 Å². The lowest BCUT2D eigenvalue weighted by Crippen LogP contribution is -1.91. The van der Waals surface area contributed by atoms with Crippen molar-refractivity contribution in [3.63, 3.8) is 0 Å². The van der Waals surface area contributed by atoms with E-state index in [1.807, 2.05) is 12.1 Å². The number of hydrogen-bond acceptors (Lipinski definition) is 0. The van der Waals surface area contributed by atoms with Crippen LogP contribution in [-0.4, -0.2) is 0 Å². The zero-order chi connectivity index (χ0) is 16.6. The van der Waals surface area contributed by atoms with E-state index in [-0.39, 0.29) is 20.1 Å². The van der Waals surface area contributed by atoms with E-state index in [2.05, 4.69) is 0 Å². The van der Waals surface area contributed by atoms with E-state index < -0.39 is 0 Å². The molecule has 0 unspecified atom stereocenters. The predicted octanol–water partition coefficient (Wildman–Crippen LogP) is 9.16. The van der Waals surface area contributed by atoms with Crippen LogP contribution in [-0.2, 0) is 0 Å². The Labute approximate surface area is 166 Å². The third kappa shape index (κ3) is 2.07. The molecule has 0 aliphatic rings. The molecule has 4 aromatic carbocycles. The standard InChI is InChI=1S/C16H3Cl7/c17-6-3-4-1-2-5-8-7(4)9(12(6)19)13(20)14(21)10(8)15(22)16(23)11(5)18/h1-3H. The van der Waals surface area contributed by atoms with Crippen LogP contribution in [0.4, 0.5) is 0 Å². The first-order valence-corrected chi connectivity index (χ1v) is 8.96. The second kappa shape index (κ2) is 5.47. The van der Waals surface area contributed by atoms with Gasteiger partial charge in [0.1, 0.15) is 0 Å². The van der Waals surface area contributed by atoms with Crippen LogP contribution < -0.4 is 0 Å². The molecule has 4 rings (SSSR count). The van der Waals surface area contributed by atoms with Crippen molar-refractivity contribution in [1.82, 2.24) is 0 Å². The van der Waals surface area contributed by atoms with Crippen molar-refractivity contribution in [2.75, 3.05) is 0 Å². The maximum atomic E-state index is 6.46. The molecule has 0 saturated carbocycles. The highest BCUT2D eigenvalue weighted by molar-refractivity contribution is 6.60. The molecule has 0 amide bonds. The average molecular weight is 443 g/mol. The van der Waals surface area contributed by atoms with E-state index in [1.165, 1.54) is 0 Å². The zero-order valence-corrected chi connectivity index (χ0v) is 16.2. The lowest BCUT2D eigenvalue weighted by Gasteiger charge is -2.18. The van der Waals surface area contributed by atoms with Crippen molar-refractivity contribution in [3.8, 4) is 0 Å². The Bertz CT molecular complexity index is 1130. The molecule has 116 valence electrons. The van der Waals surface area contributed by atoms with E-state index in [9.17, 15) is 0 Å². The molecule has 0 aromatic heterocycles. The molecular formula is C16H3Cl7. The Morgan fingerprint density at radius 2 is 1.04 bits per heavy atom. The van der Waals surface area contributed by atoms with Crippen LogP contribution in [0.5, 0.6) is 0 Å². The van der Waals surface area contributed by atoms with Gasteiger partial charge in [-0.25, -0.2) is 0 Å². The van der Waals surface area contributed by atoms with Crippen LogP contribution in [0.1, 0.15) is 0 Å². The summed E-state index contributed by atoms with van der Waals surface area (Å²) < 4.78 is 0. The summed E-state index contributed by atoms with van der Waals surface area (Å²) in [4.78, 5) is 0. The SMILES string of the molecule is Clc1cc2ccc3c(Cl)c(Cl)c(Cl)c4c(Cl)c(Cl)c(c1Cl)c2c34. The summed E-state index contributed by atoms with van der Waals surface area (Å²) in [5.74, 6) is 0. The molecule has 0 aliphatic heterocycles. The summed E-state index contributed by atoms with van der Waals surface area (Å²) in [6.45, 7) is 0. The van der Waals surface area contributed by atoms with Gasteiger partial charge in [-0.05, 0) is 11.5 Å². The van der Waals surface area contributed by atoms with Crippen LogP contribution in [0.2, 0.25) is 35.2 Å². The van der Waals surface area contributed by atoms with Gasteiger partial charge in [0.05, 0.1) is 35.2 Å². The van der Waals surface area contributed by atoms with Crippen molar-refractivity contribution in [2.45, 2.75) is 0 Å². The van der Waals surface area contributed by atoms with Crippen LogP contribution in [0.25, 0.3) is 32.3 Å². The quantitative estimate of drug-likeness (QED) is 0.188. The average Bonchev–Trinajstić information content (AvgIpc) is 2.52. The highest BCUT2D eigenvalue weighted by atomic mass is 35.5. The van der Waals surface area contributed by atoms with Crippen LogP contribution in [0, 0.1) is 0 Å². The van der Waals surface area contributed by atoms with Crippen molar-refractivity contribution in [1.29, 1.82) is 0 Å². The number of benzene rings is 4. The van der Waals surface area contributed by atoms with E-state index >= 15 is 0 Å². The fraction of sp³-hybridized carbons (Fsp3) is 0. The Hall–Kier alpha value is -0.0500. The molecule has 0 fully saturated rings. The molecular weight excluding hydrogens is 440 g/mol. The normalized spacial score (nSPS) is 12.1. The molecule has 0 atom stereocenters. The number of halogens is 7. The first kappa shape index (κ1) is 16.4. The van der Waals surface area contributed by atoms with Gasteiger partial charge in [0, 0.05) is 26.9 Å². The van der Waals surface area contributed by atoms with Crippen LogP contribution >= 0.6 is 81.2 Å². The fourth-order valence-corrected chi connectivity index (χ4v) is 4.85. The van der Waals surface area contributed by atoms with Gasteiger partial charge >= 0.3 is 0 Å².